The van der Waals surface area contributed by atoms with Gasteiger partial charge in [0.05, 0.1) is 0 Å². The maximum atomic E-state index is 12.2. The highest BCUT2D eigenvalue weighted by Gasteiger charge is 2.09. The first-order valence-corrected chi connectivity index (χ1v) is 6.50. The molecule has 2 N–H and O–H groups in total. The molecule has 0 saturated heterocycles. The molecule has 3 aromatic rings. The second kappa shape index (κ2) is 5.17. The van der Waals surface area contributed by atoms with Crippen molar-refractivity contribution in [1.29, 1.82) is 0 Å². The number of H-pyrrole nitrogens is 1. The first-order chi connectivity index (χ1) is 9.75. The fourth-order valence-electron chi connectivity index (χ4n) is 2.26. The quantitative estimate of drug-likeness (QED) is 0.765. The second-order valence-electron chi connectivity index (χ2n) is 4.71. The Morgan fingerprint density at radius 3 is 2.95 bits per heavy atom. The Morgan fingerprint density at radius 1 is 1.25 bits per heavy atom. The molecule has 1 amide bonds. The summed E-state index contributed by atoms with van der Waals surface area (Å²) in [6.45, 7) is 2.42. The smallest absolute Gasteiger partial charge is 0.251 e. The Morgan fingerprint density at radius 2 is 2.10 bits per heavy atom. The van der Waals surface area contributed by atoms with Gasteiger partial charge in [-0.15, -0.1) is 0 Å². The Bertz CT molecular complexity index is 761. The minimum atomic E-state index is -0.0543. The van der Waals surface area contributed by atoms with Gasteiger partial charge in [0, 0.05) is 29.9 Å². The van der Waals surface area contributed by atoms with E-state index < -0.39 is 0 Å². The second-order valence-corrected chi connectivity index (χ2v) is 4.71. The van der Waals surface area contributed by atoms with E-state index in [2.05, 4.69) is 15.3 Å². The third kappa shape index (κ3) is 2.28. The van der Waals surface area contributed by atoms with Crippen LogP contribution in [0.3, 0.4) is 0 Å². The van der Waals surface area contributed by atoms with Gasteiger partial charge in [-0.3, -0.25) is 4.79 Å². The van der Waals surface area contributed by atoms with E-state index in [1.54, 1.807) is 6.20 Å². The topological polar surface area (TPSA) is 57.8 Å². The summed E-state index contributed by atoms with van der Waals surface area (Å²) in [5.41, 5.74) is 3.57. The number of aromatic amines is 1. The average Bonchev–Trinajstić information content (AvgIpc) is 2.88. The number of nitrogens with zero attached hydrogens (tertiary/aromatic N) is 1. The molecule has 0 fully saturated rings. The number of benzene rings is 1. The van der Waals surface area contributed by atoms with E-state index in [9.17, 15) is 4.79 Å². The van der Waals surface area contributed by atoms with Crippen LogP contribution in [-0.4, -0.2) is 15.9 Å². The lowest BCUT2D eigenvalue weighted by Crippen LogP contribution is -2.23. The van der Waals surface area contributed by atoms with Crippen LogP contribution in [0.1, 0.15) is 21.5 Å². The molecule has 0 saturated carbocycles. The minimum Gasteiger partial charge on any atom is -0.348 e. The van der Waals surface area contributed by atoms with Gasteiger partial charge >= 0.3 is 0 Å². The lowest BCUT2D eigenvalue weighted by molar-refractivity contribution is 0.0950. The van der Waals surface area contributed by atoms with Crippen molar-refractivity contribution in [2.75, 3.05) is 0 Å². The van der Waals surface area contributed by atoms with Gasteiger partial charge in [-0.2, -0.15) is 0 Å². The Balaban J connectivity index is 1.77. The van der Waals surface area contributed by atoms with E-state index >= 15 is 0 Å². The van der Waals surface area contributed by atoms with Crippen LogP contribution in [-0.2, 0) is 6.54 Å². The first-order valence-electron chi connectivity index (χ1n) is 6.50. The number of carbonyl (C=O) groups excluding carboxylic acids is 1. The zero-order valence-corrected chi connectivity index (χ0v) is 11.2. The molecule has 100 valence electrons. The average molecular weight is 265 g/mol. The molecule has 1 aromatic carbocycles. The molecule has 2 heterocycles. The van der Waals surface area contributed by atoms with Gasteiger partial charge in [-0.05, 0) is 36.2 Å². The van der Waals surface area contributed by atoms with Crippen LogP contribution in [0.5, 0.6) is 0 Å². The van der Waals surface area contributed by atoms with Crippen molar-refractivity contribution in [1.82, 2.24) is 15.3 Å². The molecule has 0 aliphatic heterocycles. The zero-order chi connectivity index (χ0) is 13.9. The van der Waals surface area contributed by atoms with E-state index in [4.69, 9.17) is 0 Å². The van der Waals surface area contributed by atoms with E-state index in [-0.39, 0.29) is 5.91 Å². The van der Waals surface area contributed by atoms with Crippen LogP contribution in [0, 0.1) is 6.92 Å². The van der Waals surface area contributed by atoms with E-state index in [1.807, 2.05) is 49.5 Å². The summed E-state index contributed by atoms with van der Waals surface area (Å²) in [7, 11) is 0. The number of amides is 1. The fraction of sp³-hybridized carbons (Fsp3) is 0.125. The number of aryl methyl sites for hydroxylation is 1. The molecule has 4 heteroatoms. The number of carbonyl (C=O) groups is 1. The highest BCUT2D eigenvalue weighted by molar-refractivity contribution is 5.95. The number of rotatable bonds is 3. The summed E-state index contributed by atoms with van der Waals surface area (Å²) < 4.78 is 0. The number of fused-ring (bicyclic) bond motifs is 1. The SMILES string of the molecule is Cc1ccccc1C(=O)NCc1c[nH]c2ncccc12. The molecule has 2 aromatic heterocycles. The van der Waals surface area contributed by atoms with Crippen molar-refractivity contribution in [2.24, 2.45) is 0 Å². The lowest BCUT2D eigenvalue weighted by atomic mass is 10.1. The van der Waals surface area contributed by atoms with Gasteiger partial charge in [0.15, 0.2) is 0 Å². The summed E-state index contributed by atoms with van der Waals surface area (Å²) >= 11 is 0. The molecule has 20 heavy (non-hydrogen) atoms. The molecule has 0 unspecified atom stereocenters. The number of aromatic nitrogens is 2. The molecule has 0 spiro atoms. The maximum absolute atomic E-state index is 12.2. The molecular weight excluding hydrogens is 250 g/mol. The third-order valence-electron chi connectivity index (χ3n) is 3.37. The van der Waals surface area contributed by atoms with Crippen molar-refractivity contribution >= 4 is 16.9 Å². The minimum absolute atomic E-state index is 0.0543. The summed E-state index contributed by atoms with van der Waals surface area (Å²) in [5.74, 6) is -0.0543. The van der Waals surface area contributed by atoms with Gasteiger partial charge in [0.25, 0.3) is 5.91 Å². The van der Waals surface area contributed by atoms with Crippen molar-refractivity contribution < 1.29 is 4.79 Å². The molecular formula is C16H15N3O. The van der Waals surface area contributed by atoms with Crippen LogP contribution in [0.25, 0.3) is 11.0 Å². The number of nitrogens with one attached hydrogen (secondary N) is 2. The van der Waals surface area contributed by atoms with E-state index in [1.165, 1.54) is 0 Å². The first kappa shape index (κ1) is 12.4. The number of pyridine rings is 1. The predicted molar refractivity (Wildman–Crippen MR) is 78.4 cm³/mol. The molecule has 4 nitrogen and oxygen atoms in total. The highest BCUT2D eigenvalue weighted by atomic mass is 16.1. The standard InChI is InChI=1S/C16H15N3O/c1-11-5-2-3-6-13(11)16(20)19-10-12-9-18-15-14(12)7-4-8-17-15/h2-9H,10H2,1H3,(H,17,18)(H,19,20). The van der Waals surface area contributed by atoms with Gasteiger partial charge < -0.3 is 10.3 Å². The van der Waals surface area contributed by atoms with Gasteiger partial charge in [-0.25, -0.2) is 4.98 Å². The lowest BCUT2D eigenvalue weighted by Gasteiger charge is -2.06. The van der Waals surface area contributed by atoms with Gasteiger partial charge in [0.2, 0.25) is 0 Å². The molecule has 0 aliphatic rings. The zero-order valence-electron chi connectivity index (χ0n) is 11.2. The van der Waals surface area contributed by atoms with Crippen molar-refractivity contribution in [2.45, 2.75) is 13.5 Å². The number of hydrogen-bond acceptors (Lipinski definition) is 2. The van der Waals surface area contributed by atoms with Crippen LogP contribution in [0.15, 0.2) is 48.8 Å². The summed E-state index contributed by atoms with van der Waals surface area (Å²) in [4.78, 5) is 19.5. The van der Waals surface area contributed by atoms with E-state index in [0.29, 0.717) is 12.1 Å². The van der Waals surface area contributed by atoms with E-state index in [0.717, 1.165) is 22.2 Å². The predicted octanol–water partition coefficient (Wildman–Crippen LogP) is 2.80. The van der Waals surface area contributed by atoms with Gasteiger partial charge in [0.1, 0.15) is 5.65 Å². The van der Waals surface area contributed by atoms with Crippen LogP contribution in [0.4, 0.5) is 0 Å². The third-order valence-corrected chi connectivity index (χ3v) is 3.37. The molecule has 3 rings (SSSR count). The Kier molecular flexibility index (Phi) is 3.21. The Hall–Kier alpha value is -2.62. The summed E-state index contributed by atoms with van der Waals surface area (Å²) in [6, 6.07) is 11.5. The monoisotopic (exact) mass is 265 g/mol. The number of hydrogen-bond donors (Lipinski definition) is 2. The molecule has 0 atom stereocenters. The van der Waals surface area contributed by atoms with Crippen molar-refractivity contribution in [3.63, 3.8) is 0 Å². The molecule has 0 bridgehead atoms. The molecule has 0 radical (unpaired) electrons. The van der Waals surface area contributed by atoms with Crippen LogP contribution in [0.2, 0.25) is 0 Å². The summed E-state index contributed by atoms with van der Waals surface area (Å²) in [5, 5.41) is 3.99. The maximum Gasteiger partial charge on any atom is 0.251 e. The normalized spacial score (nSPS) is 10.7. The molecule has 0 aliphatic carbocycles. The van der Waals surface area contributed by atoms with Crippen molar-refractivity contribution in [3.8, 4) is 0 Å². The largest absolute Gasteiger partial charge is 0.348 e. The van der Waals surface area contributed by atoms with Crippen LogP contribution < -0.4 is 5.32 Å². The highest BCUT2D eigenvalue weighted by Crippen LogP contribution is 2.15. The fourth-order valence-corrected chi connectivity index (χ4v) is 2.26. The Labute approximate surface area is 116 Å². The van der Waals surface area contributed by atoms with Gasteiger partial charge in [-0.1, -0.05) is 18.2 Å². The van der Waals surface area contributed by atoms with Crippen molar-refractivity contribution in [3.05, 3.63) is 65.5 Å². The summed E-state index contributed by atoms with van der Waals surface area (Å²) in [6.07, 6.45) is 3.63. The van der Waals surface area contributed by atoms with Crippen LogP contribution >= 0.6 is 0 Å².